The maximum atomic E-state index is 11.9. The van der Waals surface area contributed by atoms with Gasteiger partial charge < -0.3 is 15.9 Å². The van der Waals surface area contributed by atoms with Crippen LogP contribution < -0.4 is 15.9 Å². The van der Waals surface area contributed by atoms with Crippen molar-refractivity contribution in [3.05, 3.63) is 48.3 Å². The van der Waals surface area contributed by atoms with Gasteiger partial charge in [-0.1, -0.05) is 50.7 Å². The third-order valence-electron chi connectivity index (χ3n) is 3.90. The van der Waals surface area contributed by atoms with Crippen LogP contribution in [0.5, 0.6) is 5.75 Å². The molecule has 0 spiro atoms. The van der Waals surface area contributed by atoms with Crippen molar-refractivity contribution in [1.29, 1.82) is 0 Å². The van der Waals surface area contributed by atoms with Crippen LogP contribution in [0, 0.1) is 0 Å². The fourth-order valence-corrected chi connectivity index (χ4v) is 3.03. The second kappa shape index (κ2) is 8.94. The van der Waals surface area contributed by atoms with Gasteiger partial charge in [-0.05, 0) is 30.0 Å². The largest absolute Gasteiger partial charge is 0.486 e. The predicted octanol–water partition coefficient (Wildman–Crippen LogP) is 2.65. The number of hydrogen-bond donors (Lipinski definition) is 2. The van der Waals surface area contributed by atoms with Crippen molar-refractivity contribution in [3.8, 4) is 5.75 Å². The zero-order chi connectivity index (χ0) is 20.0. The normalized spacial score (nSPS) is 12.4. The first-order valence-electron chi connectivity index (χ1n) is 8.70. The van der Waals surface area contributed by atoms with Gasteiger partial charge in [-0.15, -0.1) is 16.8 Å². The molecule has 0 radical (unpaired) electrons. The molecule has 1 heterocycles. The van der Waals surface area contributed by atoms with E-state index in [4.69, 9.17) is 10.6 Å². The van der Waals surface area contributed by atoms with Gasteiger partial charge in [-0.3, -0.25) is 4.79 Å². The van der Waals surface area contributed by atoms with Crippen LogP contribution in [-0.2, 0) is 16.8 Å². The van der Waals surface area contributed by atoms with Crippen molar-refractivity contribution in [3.63, 3.8) is 0 Å². The lowest BCUT2D eigenvalue weighted by Crippen LogP contribution is -2.31. The summed E-state index contributed by atoms with van der Waals surface area (Å²) in [6.07, 6.45) is 1.63. The first kappa shape index (κ1) is 20.8. The maximum Gasteiger partial charge on any atom is 0.233 e. The molecule has 1 amide bonds. The Bertz CT molecular complexity index is 780. The molecule has 0 unspecified atom stereocenters. The van der Waals surface area contributed by atoms with Crippen LogP contribution in [0.15, 0.2) is 42.1 Å². The van der Waals surface area contributed by atoms with Crippen molar-refractivity contribution < 1.29 is 9.53 Å². The first-order chi connectivity index (χ1) is 12.7. The molecule has 1 aromatic carbocycles. The van der Waals surface area contributed by atoms with Gasteiger partial charge >= 0.3 is 0 Å². The van der Waals surface area contributed by atoms with Crippen molar-refractivity contribution in [2.75, 3.05) is 12.4 Å². The van der Waals surface area contributed by atoms with Gasteiger partial charge in [0, 0.05) is 6.54 Å². The number of amides is 1. The Labute approximate surface area is 164 Å². The Morgan fingerprint density at radius 2 is 2.04 bits per heavy atom. The zero-order valence-electron chi connectivity index (χ0n) is 16.2. The molecule has 0 saturated heterocycles. The fourth-order valence-electron chi connectivity index (χ4n) is 2.21. The van der Waals surface area contributed by atoms with E-state index >= 15 is 0 Å². The Morgan fingerprint density at radius 3 is 2.63 bits per heavy atom. The Morgan fingerprint density at radius 1 is 1.37 bits per heavy atom. The van der Waals surface area contributed by atoms with E-state index in [2.05, 4.69) is 42.9 Å². The Kier molecular flexibility index (Phi) is 6.90. The van der Waals surface area contributed by atoms with Crippen LogP contribution in [0.1, 0.15) is 39.1 Å². The minimum atomic E-state index is -0.352. The third kappa shape index (κ3) is 5.75. The van der Waals surface area contributed by atoms with Gasteiger partial charge in [0.05, 0.1) is 5.25 Å². The molecular weight excluding hydrogens is 362 g/mol. The molecule has 0 fully saturated rings. The number of hydrogen-bond acceptors (Lipinski definition) is 6. The number of rotatable bonds is 8. The quantitative estimate of drug-likeness (QED) is 0.409. The van der Waals surface area contributed by atoms with Crippen LogP contribution in [0.2, 0.25) is 0 Å². The second-order valence-electron chi connectivity index (χ2n) is 7.13. The highest BCUT2D eigenvalue weighted by Gasteiger charge is 2.19. The topological polar surface area (TPSA) is 95.1 Å². The van der Waals surface area contributed by atoms with E-state index in [0.29, 0.717) is 17.5 Å². The van der Waals surface area contributed by atoms with Gasteiger partial charge in [-0.2, -0.15) is 0 Å². The van der Waals surface area contributed by atoms with Crippen LogP contribution in [0.25, 0.3) is 0 Å². The van der Waals surface area contributed by atoms with Crippen molar-refractivity contribution >= 4 is 17.7 Å². The van der Waals surface area contributed by atoms with E-state index in [9.17, 15) is 4.79 Å². The summed E-state index contributed by atoms with van der Waals surface area (Å²) in [6, 6.07) is 7.96. The number of nitrogen functional groups attached to an aromatic ring is 1. The molecule has 7 nitrogen and oxygen atoms in total. The number of thioether (sulfide) groups is 1. The minimum absolute atomic E-state index is 0.0940. The van der Waals surface area contributed by atoms with E-state index in [1.54, 1.807) is 13.0 Å². The lowest BCUT2D eigenvalue weighted by atomic mass is 9.87. The molecule has 2 rings (SSSR count). The van der Waals surface area contributed by atoms with Crippen molar-refractivity contribution in [1.82, 2.24) is 20.2 Å². The highest BCUT2D eigenvalue weighted by molar-refractivity contribution is 8.00. The molecule has 1 atom stereocenters. The number of nitrogens with two attached hydrogens (primary N) is 1. The molecule has 3 N–H and O–H groups in total. The van der Waals surface area contributed by atoms with Crippen LogP contribution in [0.4, 0.5) is 0 Å². The fraction of sp³-hybridized carbons (Fsp3) is 0.421. The Balaban J connectivity index is 1.95. The summed E-state index contributed by atoms with van der Waals surface area (Å²) in [5.41, 5.74) is 1.33. The molecule has 146 valence electrons. The summed E-state index contributed by atoms with van der Waals surface area (Å²) >= 11 is 1.24. The molecule has 0 aliphatic rings. The van der Waals surface area contributed by atoms with Gasteiger partial charge in [0.1, 0.15) is 12.4 Å². The van der Waals surface area contributed by atoms with Gasteiger partial charge in [-0.25, -0.2) is 4.68 Å². The smallest absolute Gasteiger partial charge is 0.233 e. The second-order valence-corrected chi connectivity index (χ2v) is 8.43. The van der Waals surface area contributed by atoms with E-state index in [0.717, 1.165) is 5.75 Å². The molecule has 0 aliphatic heterocycles. The van der Waals surface area contributed by atoms with Gasteiger partial charge in [0.15, 0.2) is 5.82 Å². The van der Waals surface area contributed by atoms with Gasteiger partial charge in [0.25, 0.3) is 0 Å². The average molecular weight is 390 g/mol. The van der Waals surface area contributed by atoms with E-state index in [1.807, 2.05) is 24.3 Å². The SMILES string of the molecule is C=CCNC(=O)[C@@H](C)Sc1nnc(COc2ccc(C(C)(C)C)cc2)n1N. The highest BCUT2D eigenvalue weighted by Crippen LogP contribution is 2.25. The summed E-state index contributed by atoms with van der Waals surface area (Å²) in [4.78, 5) is 11.9. The van der Waals surface area contributed by atoms with Crippen LogP contribution in [0.3, 0.4) is 0 Å². The van der Waals surface area contributed by atoms with E-state index in [-0.39, 0.29) is 23.2 Å². The lowest BCUT2D eigenvalue weighted by Gasteiger charge is -2.19. The molecular formula is C19H27N5O2S. The number of nitrogens with one attached hydrogen (secondary N) is 1. The molecule has 0 bridgehead atoms. The standard InChI is InChI=1S/C19H27N5O2S/c1-6-11-21-17(25)13(2)27-18-23-22-16(24(18)20)12-26-15-9-7-14(8-10-15)19(3,4)5/h6-10,13H,1,11-12,20H2,2-5H3,(H,21,25)/t13-/m1/s1. The predicted molar refractivity (Wildman–Crippen MR) is 108 cm³/mol. The number of aromatic nitrogens is 3. The van der Waals surface area contributed by atoms with E-state index < -0.39 is 0 Å². The monoisotopic (exact) mass is 389 g/mol. The summed E-state index contributed by atoms with van der Waals surface area (Å²) in [7, 11) is 0. The maximum absolute atomic E-state index is 11.9. The number of benzene rings is 1. The molecule has 2 aromatic rings. The first-order valence-corrected chi connectivity index (χ1v) is 9.58. The minimum Gasteiger partial charge on any atom is -0.486 e. The van der Waals surface area contributed by atoms with Gasteiger partial charge in [0.2, 0.25) is 11.1 Å². The van der Waals surface area contributed by atoms with Crippen molar-refractivity contribution in [2.45, 2.75) is 50.1 Å². The number of nitrogens with zero attached hydrogens (tertiary/aromatic N) is 3. The third-order valence-corrected chi connectivity index (χ3v) is 4.95. The number of carbonyl (C=O) groups excluding carboxylic acids is 1. The average Bonchev–Trinajstić information content (AvgIpc) is 2.97. The number of ether oxygens (including phenoxy) is 1. The van der Waals surface area contributed by atoms with E-state index in [1.165, 1.54) is 22.0 Å². The summed E-state index contributed by atoms with van der Waals surface area (Å²) in [6.45, 7) is 12.5. The molecule has 1 aromatic heterocycles. The molecule has 27 heavy (non-hydrogen) atoms. The zero-order valence-corrected chi connectivity index (χ0v) is 17.0. The lowest BCUT2D eigenvalue weighted by molar-refractivity contribution is -0.120. The highest BCUT2D eigenvalue weighted by atomic mass is 32.2. The molecule has 0 saturated carbocycles. The van der Waals surface area contributed by atoms with Crippen LogP contribution >= 0.6 is 11.8 Å². The molecule has 8 heteroatoms. The molecule has 0 aliphatic carbocycles. The summed E-state index contributed by atoms with van der Waals surface area (Å²) in [5.74, 6) is 7.14. The summed E-state index contributed by atoms with van der Waals surface area (Å²) in [5, 5.41) is 10.9. The number of carbonyl (C=O) groups is 1. The Hall–Kier alpha value is -2.48. The van der Waals surface area contributed by atoms with Crippen molar-refractivity contribution in [2.24, 2.45) is 0 Å². The van der Waals surface area contributed by atoms with Crippen LogP contribution in [-0.4, -0.2) is 32.6 Å². The summed E-state index contributed by atoms with van der Waals surface area (Å²) < 4.78 is 7.11.